The maximum absolute atomic E-state index is 13.2. The zero-order valence-electron chi connectivity index (χ0n) is 19.9. The van der Waals surface area contributed by atoms with E-state index in [1.165, 1.54) is 15.6 Å². The van der Waals surface area contributed by atoms with Crippen molar-refractivity contribution in [1.29, 1.82) is 0 Å². The number of hydrogen-bond acceptors (Lipinski definition) is 7. The molecule has 10 nitrogen and oxygen atoms in total. The second-order valence-electron chi connectivity index (χ2n) is 8.77. The predicted octanol–water partition coefficient (Wildman–Crippen LogP) is 3.18. The molecule has 0 bridgehead atoms. The van der Waals surface area contributed by atoms with Crippen LogP contribution in [-0.4, -0.2) is 36.2 Å². The summed E-state index contributed by atoms with van der Waals surface area (Å²) >= 11 is 6.05. The maximum atomic E-state index is 13.2. The van der Waals surface area contributed by atoms with Crippen molar-refractivity contribution in [3.63, 3.8) is 0 Å². The van der Waals surface area contributed by atoms with Crippen LogP contribution in [0.4, 0.5) is 0 Å². The van der Waals surface area contributed by atoms with Crippen molar-refractivity contribution in [1.82, 2.24) is 29.1 Å². The minimum absolute atomic E-state index is 0.0667. The molecule has 0 saturated heterocycles. The number of fused-ring (bicyclic) bond motifs is 1. The zero-order chi connectivity index (χ0) is 25.2. The molecular weight excluding hydrogens is 484 g/mol. The van der Waals surface area contributed by atoms with Gasteiger partial charge in [0, 0.05) is 18.1 Å². The summed E-state index contributed by atoms with van der Waals surface area (Å²) in [5, 5.41) is 9.20. The summed E-state index contributed by atoms with van der Waals surface area (Å²) in [5.74, 6) is 0.821. The highest BCUT2D eigenvalue weighted by Gasteiger charge is 2.19. The van der Waals surface area contributed by atoms with Gasteiger partial charge in [-0.1, -0.05) is 42.8 Å². The molecule has 2 unspecified atom stereocenters. The fraction of sp³-hybridized carbons (Fsp3) is 0.320. The minimum Gasteiger partial charge on any atom is -0.497 e. The Morgan fingerprint density at radius 1 is 1.14 bits per heavy atom. The standard InChI is InChI=1S/C25H25ClN6O4/c1-16-11-19(26)6-5-18(16)9-10-31-25(34)36-22(29-31)14-32-24(33)23-21(12-28-32)27-15-30(23)13-17-3-7-20(35-2)8-4-17/h3-8,11-12,15-16,18H,9-10,13-14H2,1-2H3. The number of rotatable bonds is 8. The number of nitrogens with zero attached hydrogens (tertiary/aromatic N) is 6. The lowest BCUT2D eigenvalue weighted by Gasteiger charge is -2.20. The van der Waals surface area contributed by atoms with E-state index >= 15 is 0 Å². The average Bonchev–Trinajstić information content (AvgIpc) is 3.43. The largest absolute Gasteiger partial charge is 0.497 e. The Hall–Kier alpha value is -3.92. The van der Waals surface area contributed by atoms with Gasteiger partial charge >= 0.3 is 5.76 Å². The van der Waals surface area contributed by atoms with Crippen molar-refractivity contribution in [2.75, 3.05) is 7.11 Å². The van der Waals surface area contributed by atoms with Crippen LogP contribution in [0, 0.1) is 11.8 Å². The molecule has 1 aromatic carbocycles. The van der Waals surface area contributed by atoms with Crippen molar-refractivity contribution in [2.45, 2.75) is 33.0 Å². The van der Waals surface area contributed by atoms with Gasteiger partial charge in [-0.25, -0.2) is 14.5 Å². The molecule has 0 N–H and O–H groups in total. The first kappa shape index (κ1) is 23.8. The summed E-state index contributed by atoms with van der Waals surface area (Å²) in [6, 6.07) is 7.59. The van der Waals surface area contributed by atoms with Crippen molar-refractivity contribution in [3.05, 3.63) is 92.4 Å². The first-order valence-electron chi connectivity index (χ1n) is 11.6. The smallest absolute Gasteiger partial charge is 0.437 e. The van der Waals surface area contributed by atoms with Crippen LogP contribution < -0.4 is 16.1 Å². The van der Waals surface area contributed by atoms with Gasteiger partial charge in [-0.3, -0.25) is 4.79 Å². The molecule has 3 aromatic heterocycles. The van der Waals surface area contributed by atoms with E-state index in [0.717, 1.165) is 16.3 Å². The monoisotopic (exact) mass is 508 g/mol. The first-order valence-corrected chi connectivity index (χ1v) is 12.0. The SMILES string of the molecule is COc1ccc(Cn2cnc3cnn(Cc4nn(CCC5C=CC(Cl)=CC5C)c(=O)o4)c(=O)c32)cc1. The molecule has 0 amide bonds. The third kappa shape index (κ3) is 4.90. The van der Waals surface area contributed by atoms with Crippen molar-refractivity contribution >= 4 is 22.6 Å². The van der Waals surface area contributed by atoms with E-state index in [1.54, 1.807) is 18.0 Å². The quantitative estimate of drug-likeness (QED) is 0.359. The number of benzene rings is 1. The molecule has 1 aliphatic carbocycles. The van der Waals surface area contributed by atoms with Gasteiger partial charge in [0.2, 0.25) is 5.89 Å². The fourth-order valence-electron chi connectivity index (χ4n) is 4.32. The first-order chi connectivity index (χ1) is 17.4. The molecule has 1 aliphatic rings. The van der Waals surface area contributed by atoms with Crippen LogP contribution in [-0.2, 0) is 19.6 Å². The summed E-state index contributed by atoms with van der Waals surface area (Å²) in [4.78, 5) is 29.9. The van der Waals surface area contributed by atoms with E-state index in [1.807, 2.05) is 42.5 Å². The molecule has 0 aliphatic heterocycles. The highest BCUT2D eigenvalue weighted by atomic mass is 35.5. The van der Waals surface area contributed by atoms with E-state index in [9.17, 15) is 9.59 Å². The summed E-state index contributed by atoms with van der Waals surface area (Å²) in [5.41, 5.74) is 1.54. The number of aryl methyl sites for hydroxylation is 1. The number of imidazole rings is 1. The lowest BCUT2D eigenvalue weighted by atomic mass is 9.87. The van der Waals surface area contributed by atoms with Crippen molar-refractivity contribution < 1.29 is 9.15 Å². The van der Waals surface area contributed by atoms with Crippen LogP contribution in [0.15, 0.2) is 74.1 Å². The maximum Gasteiger partial charge on any atom is 0.437 e. The van der Waals surface area contributed by atoms with E-state index in [0.29, 0.717) is 30.5 Å². The van der Waals surface area contributed by atoms with Crippen LogP contribution in [0.1, 0.15) is 24.8 Å². The Labute approximate surface area is 211 Å². The van der Waals surface area contributed by atoms with Gasteiger partial charge in [-0.15, -0.1) is 5.10 Å². The molecule has 0 radical (unpaired) electrons. The number of ether oxygens (including phenoxy) is 1. The molecule has 0 saturated carbocycles. The molecule has 186 valence electrons. The number of allylic oxidation sites excluding steroid dienone is 4. The molecule has 4 aromatic rings. The highest BCUT2D eigenvalue weighted by molar-refractivity contribution is 6.31. The van der Waals surface area contributed by atoms with Gasteiger partial charge in [0.05, 0.1) is 19.6 Å². The summed E-state index contributed by atoms with van der Waals surface area (Å²) in [6.07, 6.45) is 9.76. The molecule has 5 rings (SSSR count). The number of halogens is 1. The molecule has 36 heavy (non-hydrogen) atoms. The minimum atomic E-state index is -0.565. The van der Waals surface area contributed by atoms with Gasteiger partial charge in [0.25, 0.3) is 5.56 Å². The Morgan fingerprint density at radius 2 is 1.94 bits per heavy atom. The van der Waals surface area contributed by atoms with Crippen molar-refractivity contribution in [3.8, 4) is 5.75 Å². The molecular formula is C25H25ClN6O4. The molecule has 11 heteroatoms. The topological polar surface area (TPSA) is 110 Å². The van der Waals surface area contributed by atoms with E-state index in [4.69, 9.17) is 20.8 Å². The van der Waals surface area contributed by atoms with E-state index < -0.39 is 5.76 Å². The number of methoxy groups -OCH3 is 1. The Balaban J connectivity index is 1.33. The van der Waals surface area contributed by atoms with Crippen molar-refractivity contribution in [2.24, 2.45) is 11.8 Å². The van der Waals surface area contributed by atoms with Gasteiger partial charge in [0.15, 0.2) is 0 Å². The van der Waals surface area contributed by atoms with Crippen LogP contribution in [0.2, 0.25) is 0 Å². The molecule has 2 atom stereocenters. The zero-order valence-corrected chi connectivity index (χ0v) is 20.6. The Morgan fingerprint density at radius 3 is 2.69 bits per heavy atom. The fourth-order valence-corrected chi connectivity index (χ4v) is 4.59. The second-order valence-corrected chi connectivity index (χ2v) is 9.21. The summed E-state index contributed by atoms with van der Waals surface area (Å²) < 4.78 is 14.8. The lowest BCUT2D eigenvalue weighted by Crippen LogP contribution is -2.25. The average molecular weight is 509 g/mol. The van der Waals surface area contributed by atoms with Gasteiger partial charge in [0.1, 0.15) is 23.3 Å². The van der Waals surface area contributed by atoms with Gasteiger partial charge < -0.3 is 13.7 Å². The van der Waals surface area contributed by atoms with Crippen LogP contribution in [0.5, 0.6) is 5.75 Å². The summed E-state index contributed by atoms with van der Waals surface area (Å²) in [7, 11) is 1.61. The lowest BCUT2D eigenvalue weighted by molar-refractivity contribution is 0.397. The number of hydrogen-bond donors (Lipinski definition) is 0. The molecule has 3 heterocycles. The van der Waals surface area contributed by atoms with Crippen LogP contribution in [0.25, 0.3) is 11.0 Å². The van der Waals surface area contributed by atoms with E-state index in [-0.39, 0.29) is 29.8 Å². The predicted molar refractivity (Wildman–Crippen MR) is 134 cm³/mol. The number of aromatic nitrogens is 6. The van der Waals surface area contributed by atoms with Gasteiger partial charge in [-0.2, -0.15) is 9.78 Å². The summed E-state index contributed by atoms with van der Waals surface area (Å²) in [6.45, 7) is 2.87. The third-order valence-electron chi connectivity index (χ3n) is 6.34. The highest BCUT2D eigenvalue weighted by Crippen LogP contribution is 2.27. The molecule has 0 fully saturated rings. The molecule has 0 spiro atoms. The normalized spacial score (nSPS) is 17.5. The van der Waals surface area contributed by atoms with Crippen LogP contribution in [0.3, 0.4) is 0 Å². The third-order valence-corrected chi connectivity index (χ3v) is 6.59. The van der Waals surface area contributed by atoms with Crippen LogP contribution >= 0.6 is 11.6 Å². The Kier molecular flexibility index (Phi) is 6.60. The Bertz CT molecular complexity index is 1560. The van der Waals surface area contributed by atoms with E-state index in [2.05, 4.69) is 22.1 Å². The van der Waals surface area contributed by atoms with Gasteiger partial charge in [-0.05, 0) is 42.0 Å². The second kappa shape index (κ2) is 9.98.